The standard InChI is InChI=1S/C19H36N4/c1-16(2)13-22-10-4-6-17(14-22)12-21-18(20-3)23-11-9-19(15-23)7-5-8-19/h16-17H,4-15H2,1-3H3,(H,20,21). The van der Waals surface area contributed by atoms with Crippen molar-refractivity contribution in [3.63, 3.8) is 0 Å². The fraction of sp³-hybridized carbons (Fsp3) is 0.947. The highest BCUT2D eigenvalue weighted by Crippen LogP contribution is 2.47. The maximum atomic E-state index is 4.56. The quantitative estimate of drug-likeness (QED) is 0.638. The van der Waals surface area contributed by atoms with Crippen LogP contribution in [0.15, 0.2) is 4.99 Å². The SMILES string of the molecule is CN=C(NCC1CCCN(CC(C)C)C1)N1CCC2(CCC2)C1. The Bertz CT molecular complexity index is 414. The Morgan fingerprint density at radius 2 is 2.04 bits per heavy atom. The molecule has 3 fully saturated rings. The molecule has 2 aliphatic heterocycles. The smallest absolute Gasteiger partial charge is 0.193 e. The average Bonchev–Trinajstić information content (AvgIpc) is 2.93. The van der Waals surface area contributed by atoms with E-state index in [1.165, 1.54) is 71.2 Å². The number of rotatable bonds is 4. The highest BCUT2D eigenvalue weighted by Gasteiger charge is 2.43. The lowest BCUT2D eigenvalue weighted by molar-refractivity contribution is 0.150. The Morgan fingerprint density at radius 3 is 2.65 bits per heavy atom. The van der Waals surface area contributed by atoms with E-state index in [9.17, 15) is 0 Å². The summed E-state index contributed by atoms with van der Waals surface area (Å²) >= 11 is 0. The highest BCUT2D eigenvalue weighted by atomic mass is 15.3. The minimum absolute atomic E-state index is 0.649. The fourth-order valence-electron chi connectivity index (χ4n) is 4.77. The van der Waals surface area contributed by atoms with Crippen LogP contribution in [0.4, 0.5) is 0 Å². The maximum absolute atomic E-state index is 4.56. The van der Waals surface area contributed by atoms with Gasteiger partial charge in [0, 0.05) is 39.8 Å². The molecule has 0 aromatic heterocycles. The second-order valence-electron chi connectivity index (χ2n) is 8.61. The molecule has 0 amide bonds. The van der Waals surface area contributed by atoms with Gasteiger partial charge in [0.15, 0.2) is 5.96 Å². The van der Waals surface area contributed by atoms with E-state index in [2.05, 4.69) is 34.0 Å². The molecule has 132 valence electrons. The van der Waals surface area contributed by atoms with Crippen LogP contribution < -0.4 is 5.32 Å². The van der Waals surface area contributed by atoms with Crippen LogP contribution in [-0.4, -0.2) is 62.1 Å². The summed E-state index contributed by atoms with van der Waals surface area (Å²) in [5, 5.41) is 3.69. The van der Waals surface area contributed by atoms with Gasteiger partial charge in [-0.15, -0.1) is 0 Å². The van der Waals surface area contributed by atoms with Crippen molar-refractivity contribution in [1.82, 2.24) is 15.1 Å². The van der Waals surface area contributed by atoms with Gasteiger partial charge in [-0.05, 0) is 55.9 Å². The van der Waals surface area contributed by atoms with E-state index in [1.807, 2.05) is 7.05 Å². The van der Waals surface area contributed by atoms with Crippen LogP contribution in [0.5, 0.6) is 0 Å². The Labute approximate surface area is 142 Å². The van der Waals surface area contributed by atoms with Gasteiger partial charge in [0.05, 0.1) is 0 Å². The van der Waals surface area contributed by atoms with Gasteiger partial charge in [-0.1, -0.05) is 20.3 Å². The number of nitrogens with one attached hydrogen (secondary N) is 1. The van der Waals surface area contributed by atoms with Crippen molar-refractivity contribution in [1.29, 1.82) is 0 Å². The second kappa shape index (κ2) is 7.42. The van der Waals surface area contributed by atoms with E-state index < -0.39 is 0 Å². The van der Waals surface area contributed by atoms with Gasteiger partial charge in [0.2, 0.25) is 0 Å². The van der Waals surface area contributed by atoms with Gasteiger partial charge in [-0.2, -0.15) is 0 Å². The van der Waals surface area contributed by atoms with Crippen LogP contribution >= 0.6 is 0 Å². The van der Waals surface area contributed by atoms with E-state index in [1.54, 1.807) is 0 Å². The third-order valence-electron chi connectivity index (χ3n) is 6.14. The van der Waals surface area contributed by atoms with Crippen molar-refractivity contribution >= 4 is 5.96 Å². The number of piperidine rings is 1. The lowest BCUT2D eigenvalue weighted by Gasteiger charge is -2.38. The van der Waals surface area contributed by atoms with Crippen molar-refractivity contribution in [2.45, 2.75) is 52.4 Å². The van der Waals surface area contributed by atoms with Crippen LogP contribution in [-0.2, 0) is 0 Å². The Morgan fingerprint density at radius 1 is 1.22 bits per heavy atom. The molecule has 1 aliphatic carbocycles. The van der Waals surface area contributed by atoms with Gasteiger partial charge < -0.3 is 15.1 Å². The topological polar surface area (TPSA) is 30.9 Å². The largest absolute Gasteiger partial charge is 0.356 e. The first-order chi connectivity index (χ1) is 11.1. The molecule has 1 spiro atoms. The molecule has 1 saturated carbocycles. The molecule has 0 bridgehead atoms. The molecule has 3 aliphatic rings. The number of likely N-dealkylation sites (tertiary alicyclic amines) is 2. The van der Waals surface area contributed by atoms with Crippen LogP contribution in [0.2, 0.25) is 0 Å². The summed E-state index contributed by atoms with van der Waals surface area (Å²) in [5.74, 6) is 2.70. The first kappa shape index (κ1) is 17.1. The zero-order valence-corrected chi connectivity index (χ0v) is 15.5. The van der Waals surface area contributed by atoms with Gasteiger partial charge >= 0.3 is 0 Å². The molecule has 4 heteroatoms. The first-order valence-corrected chi connectivity index (χ1v) is 9.78. The molecule has 0 aromatic rings. The van der Waals surface area contributed by atoms with E-state index in [4.69, 9.17) is 0 Å². The second-order valence-corrected chi connectivity index (χ2v) is 8.61. The Hall–Kier alpha value is -0.770. The third-order valence-corrected chi connectivity index (χ3v) is 6.14. The molecule has 3 rings (SSSR count). The third kappa shape index (κ3) is 4.20. The molecular formula is C19H36N4. The predicted molar refractivity (Wildman–Crippen MR) is 97.8 cm³/mol. The summed E-state index contributed by atoms with van der Waals surface area (Å²) < 4.78 is 0. The van der Waals surface area contributed by atoms with Gasteiger partial charge in [0.1, 0.15) is 0 Å². The zero-order valence-electron chi connectivity index (χ0n) is 15.5. The summed E-state index contributed by atoms with van der Waals surface area (Å²) in [6.07, 6.45) is 8.40. The fourth-order valence-corrected chi connectivity index (χ4v) is 4.77. The summed E-state index contributed by atoms with van der Waals surface area (Å²) in [5.41, 5.74) is 0.649. The van der Waals surface area contributed by atoms with Crippen LogP contribution in [0, 0.1) is 17.3 Å². The first-order valence-electron chi connectivity index (χ1n) is 9.78. The van der Waals surface area contributed by atoms with Crippen LogP contribution in [0.25, 0.3) is 0 Å². The minimum atomic E-state index is 0.649. The van der Waals surface area contributed by atoms with Crippen molar-refractivity contribution in [3.05, 3.63) is 0 Å². The summed E-state index contributed by atoms with van der Waals surface area (Å²) in [4.78, 5) is 9.73. The van der Waals surface area contributed by atoms with E-state index >= 15 is 0 Å². The molecule has 0 aromatic carbocycles. The number of aliphatic imine (C=N–C) groups is 1. The number of hydrogen-bond acceptors (Lipinski definition) is 2. The van der Waals surface area contributed by atoms with Crippen molar-refractivity contribution < 1.29 is 0 Å². The highest BCUT2D eigenvalue weighted by molar-refractivity contribution is 5.80. The molecule has 0 radical (unpaired) electrons. The monoisotopic (exact) mass is 320 g/mol. The van der Waals surface area contributed by atoms with E-state index in [0.717, 1.165) is 24.3 Å². The average molecular weight is 321 g/mol. The zero-order chi connectivity index (χ0) is 16.3. The predicted octanol–water partition coefficient (Wildman–Crippen LogP) is 2.81. The molecule has 4 nitrogen and oxygen atoms in total. The van der Waals surface area contributed by atoms with Gasteiger partial charge in [-0.3, -0.25) is 4.99 Å². The number of guanidine groups is 1. The molecule has 2 heterocycles. The normalized spacial score (nSPS) is 28.4. The summed E-state index contributed by atoms with van der Waals surface area (Å²) in [6.45, 7) is 12.0. The Kier molecular flexibility index (Phi) is 5.50. The van der Waals surface area contributed by atoms with Gasteiger partial charge in [0.25, 0.3) is 0 Å². The van der Waals surface area contributed by atoms with Crippen LogP contribution in [0.1, 0.15) is 52.4 Å². The molecule has 1 N–H and O–H groups in total. The van der Waals surface area contributed by atoms with Crippen molar-refractivity contribution in [2.24, 2.45) is 22.2 Å². The maximum Gasteiger partial charge on any atom is 0.193 e. The number of nitrogens with zero attached hydrogens (tertiary/aromatic N) is 3. The minimum Gasteiger partial charge on any atom is -0.356 e. The number of hydrogen-bond donors (Lipinski definition) is 1. The lowest BCUT2D eigenvalue weighted by Crippen LogP contribution is -2.46. The van der Waals surface area contributed by atoms with Crippen molar-refractivity contribution in [3.8, 4) is 0 Å². The Balaban J connectivity index is 1.45. The molecular weight excluding hydrogens is 284 g/mol. The molecule has 2 saturated heterocycles. The van der Waals surface area contributed by atoms with E-state index in [0.29, 0.717) is 5.41 Å². The van der Waals surface area contributed by atoms with Crippen molar-refractivity contribution in [2.75, 3.05) is 46.3 Å². The molecule has 23 heavy (non-hydrogen) atoms. The summed E-state index contributed by atoms with van der Waals surface area (Å²) in [7, 11) is 1.94. The van der Waals surface area contributed by atoms with Gasteiger partial charge in [-0.25, -0.2) is 0 Å². The molecule has 1 unspecified atom stereocenters. The summed E-state index contributed by atoms with van der Waals surface area (Å²) in [6, 6.07) is 0. The van der Waals surface area contributed by atoms with E-state index in [-0.39, 0.29) is 0 Å². The van der Waals surface area contributed by atoms with Crippen LogP contribution in [0.3, 0.4) is 0 Å². The lowest BCUT2D eigenvalue weighted by atomic mass is 9.68. The molecule has 1 atom stereocenters.